The van der Waals surface area contributed by atoms with Gasteiger partial charge in [-0.05, 0) is 18.9 Å². The molecule has 1 amide bonds. The van der Waals surface area contributed by atoms with E-state index in [1.165, 1.54) is 6.08 Å². The molecule has 0 aromatic carbocycles. The summed E-state index contributed by atoms with van der Waals surface area (Å²) in [5.41, 5.74) is 1.44. The van der Waals surface area contributed by atoms with Crippen LogP contribution in [0.4, 0.5) is 17.5 Å². The van der Waals surface area contributed by atoms with Crippen LogP contribution in [0.2, 0.25) is 5.02 Å². The molecule has 9 nitrogen and oxygen atoms in total. The lowest BCUT2D eigenvalue weighted by Crippen LogP contribution is -2.47. The van der Waals surface area contributed by atoms with Gasteiger partial charge < -0.3 is 20.5 Å². The van der Waals surface area contributed by atoms with Crippen molar-refractivity contribution < 1.29 is 4.79 Å². The largest absolute Gasteiger partial charge is 0.354 e. The number of fused-ring (bicyclic) bond motifs is 1. The van der Waals surface area contributed by atoms with E-state index in [2.05, 4.69) is 37.2 Å². The van der Waals surface area contributed by atoms with E-state index >= 15 is 0 Å². The highest BCUT2D eigenvalue weighted by Gasteiger charge is 2.25. The molecule has 4 rings (SSSR count). The Morgan fingerprint density at radius 1 is 1.46 bits per heavy atom. The lowest BCUT2D eigenvalue weighted by atomic mass is 10.1. The van der Waals surface area contributed by atoms with Crippen molar-refractivity contribution in [1.82, 2.24) is 30.0 Å². The van der Waals surface area contributed by atoms with Gasteiger partial charge in [0.15, 0.2) is 0 Å². The molecule has 0 radical (unpaired) electrons. The zero-order valence-electron chi connectivity index (χ0n) is 15.4. The normalized spacial score (nSPS) is 16.9. The van der Waals surface area contributed by atoms with Gasteiger partial charge in [0, 0.05) is 38.6 Å². The van der Waals surface area contributed by atoms with Gasteiger partial charge in [-0.1, -0.05) is 18.2 Å². The Balaban J connectivity index is 1.67. The molecule has 1 aliphatic rings. The van der Waals surface area contributed by atoms with E-state index in [9.17, 15) is 4.79 Å². The Hall–Kier alpha value is -3.07. The second-order valence-corrected chi connectivity index (χ2v) is 7.16. The first-order valence-corrected chi connectivity index (χ1v) is 9.39. The molecule has 1 atom stereocenters. The summed E-state index contributed by atoms with van der Waals surface area (Å²) < 4.78 is 1.70. The molecular weight excluding hydrogens is 380 g/mol. The highest BCUT2D eigenvalue weighted by atomic mass is 35.5. The number of piperidine rings is 1. The van der Waals surface area contributed by atoms with E-state index in [-0.39, 0.29) is 11.9 Å². The zero-order valence-corrected chi connectivity index (χ0v) is 16.2. The van der Waals surface area contributed by atoms with Gasteiger partial charge >= 0.3 is 0 Å². The summed E-state index contributed by atoms with van der Waals surface area (Å²) in [5.74, 6) is 1.02. The summed E-state index contributed by atoms with van der Waals surface area (Å²) >= 11 is 6.40. The number of amides is 1. The summed E-state index contributed by atoms with van der Waals surface area (Å²) in [4.78, 5) is 26.2. The first-order valence-electron chi connectivity index (χ1n) is 9.01. The van der Waals surface area contributed by atoms with E-state index in [4.69, 9.17) is 16.6 Å². The zero-order chi connectivity index (χ0) is 19.7. The third-order valence-corrected chi connectivity index (χ3v) is 4.98. The molecule has 1 fully saturated rings. The van der Waals surface area contributed by atoms with E-state index in [1.807, 2.05) is 13.2 Å². The topological polar surface area (TPSA) is 104 Å². The van der Waals surface area contributed by atoms with Crippen LogP contribution in [0.1, 0.15) is 12.8 Å². The highest BCUT2D eigenvalue weighted by Crippen LogP contribution is 2.33. The summed E-state index contributed by atoms with van der Waals surface area (Å²) in [6.07, 6.45) is 8.39. The molecule has 4 heterocycles. The first kappa shape index (κ1) is 18.3. The number of aromatic amines is 1. The van der Waals surface area contributed by atoms with Gasteiger partial charge in [0.1, 0.15) is 11.5 Å². The van der Waals surface area contributed by atoms with Gasteiger partial charge in [0.2, 0.25) is 11.9 Å². The van der Waals surface area contributed by atoms with Gasteiger partial charge in [0.25, 0.3) is 0 Å². The average molecular weight is 401 g/mol. The van der Waals surface area contributed by atoms with Crippen LogP contribution in [-0.2, 0) is 11.8 Å². The fourth-order valence-electron chi connectivity index (χ4n) is 3.42. The van der Waals surface area contributed by atoms with Crippen LogP contribution < -0.4 is 15.5 Å². The quantitative estimate of drug-likeness (QED) is 0.568. The maximum absolute atomic E-state index is 11.7. The number of aromatic nitrogens is 5. The fraction of sp³-hybridized carbons (Fsp3) is 0.333. The molecule has 1 saturated heterocycles. The minimum atomic E-state index is -0.168. The van der Waals surface area contributed by atoms with Crippen LogP contribution in [0.3, 0.4) is 0 Å². The molecule has 0 saturated carbocycles. The van der Waals surface area contributed by atoms with E-state index in [1.54, 1.807) is 17.1 Å². The van der Waals surface area contributed by atoms with Gasteiger partial charge in [-0.2, -0.15) is 15.1 Å². The lowest BCUT2D eigenvalue weighted by Gasteiger charge is -2.34. The smallest absolute Gasteiger partial charge is 0.243 e. The maximum Gasteiger partial charge on any atom is 0.243 e. The Bertz CT molecular complexity index is 1030. The second kappa shape index (κ2) is 7.51. The predicted molar refractivity (Wildman–Crippen MR) is 109 cm³/mol. The van der Waals surface area contributed by atoms with Crippen LogP contribution in [0.5, 0.6) is 0 Å². The van der Waals surface area contributed by atoms with Crippen LogP contribution in [0.25, 0.3) is 11.0 Å². The van der Waals surface area contributed by atoms with Crippen molar-refractivity contribution in [2.75, 3.05) is 23.3 Å². The van der Waals surface area contributed by atoms with Gasteiger partial charge in [-0.15, -0.1) is 0 Å². The van der Waals surface area contributed by atoms with Crippen molar-refractivity contribution >= 4 is 46.0 Å². The fourth-order valence-corrected chi connectivity index (χ4v) is 3.65. The molecular formula is C18H21ClN8O. The SMILES string of the molecule is C=CC(=O)N[C@@H]1CCCN(c2nc(Nc3cnn(C)c3)nc3[nH]cc(Cl)c23)C1. The number of carbonyl (C=O) groups excluding carboxylic acids is 1. The average Bonchev–Trinajstić information content (AvgIpc) is 3.27. The monoisotopic (exact) mass is 400 g/mol. The van der Waals surface area contributed by atoms with E-state index in [0.717, 1.165) is 36.3 Å². The van der Waals surface area contributed by atoms with Crippen molar-refractivity contribution in [2.45, 2.75) is 18.9 Å². The van der Waals surface area contributed by atoms with Crippen molar-refractivity contribution in [3.8, 4) is 0 Å². The minimum absolute atomic E-state index is 0.0247. The Morgan fingerprint density at radius 3 is 3.07 bits per heavy atom. The number of nitrogens with zero attached hydrogens (tertiary/aromatic N) is 5. The molecule has 3 N–H and O–H groups in total. The van der Waals surface area contributed by atoms with Crippen LogP contribution in [0.15, 0.2) is 31.2 Å². The summed E-state index contributed by atoms with van der Waals surface area (Å²) in [6.45, 7) is 4.98. The molecule has 0 aliphatic carbocycles. The van der Waals surface area contributed by atoms with E-state index in [0.29, 0.717) is 23.2 Å². The third-order valence-electron chi connectivity index (χ3n) is 4.68. The number of rotatable bonds is 5. The standard InChI is InChI=1S/C18H21ClN8O/c1-3-14(28)22-11-5-4-6-27(10-11)17-15-13(19)8-20-16(15)24-18(25-17)23-12-7-21-26(2)9-12/h3,7-9,11H,1,4-6,10H2,2H3,(H,22,28)(H2,20,23,24,25)/t11-/m1/s1. The molecule has 0 spiro atoms. The number of nitrogens with one attached hydrogen (secondary N) is 3. The predicted octanol–water partition coefficient (Wildman–Crippen LogP) is 2.36. The van der Waals surface area contributed by atoms with Crippen molar-refractivity contribution in [3.63, 3.8) is 0 Å². The molecule has 1 aliphatic heterocycles. The van der Waals surface area contributed by atoms with Crippen molar-refractivity contribution in [2.24, 2.45) is 7.05 Å². The maximum atomic E-state index is 11.7. The van der Waals surface area contributed by atoms with E-state index < -0.39 is 0 Å². The second-order valence-electron chi connectivity index (χ2n) is 6.76. The lowest BCUT2D eigenvalue weighted by molar-refractivity contribution is -0.117. The summed E-state index contributed by atoms with van der Waals surface area (Å²) in [6, 6.07) is 0.0247. The summed E-state index contributed by atoms with van der Waals surface area (Å²) in [5, 5.41) is 11.6. The first-order chi connectivity index (χ1) is 13.5. The summed E-state index contributed by atoms with van der Waals surface area (Å²) in [7, 11) is 1.84. The van der Waals surface area contributed by atoms with Gasteiger partial charge in [0.05, 0.1) is 22.3 Å². The van der Waals surface area contributed by atoms with Gasteiger partial charge in [-0.25, -0.2) is 0 Å². The molecule has 3 aromatic heterocycles. The number of aryl methyl sites for hydroxylation is 1. The molecule has 10 heteroatoms. The number of hydrogen-bond acceptors (Lipinski definition) is 6. The van der Waals surface area contributed by atoms with Crippen LogP contribution >= 0.6 is 11.6 Å². The van der Waals surface area contributed by atoms with Crippen molar-refractivity contribution in [3.05, 3.63) is 36.3 Å². The molecule has 3 aromatic rings. The Morgan fingerprint density at radius 2 is 2.32 bits per heavy atom. The van der Waals surface area contributed by atoms with Crippen LogP contribution in [0, 0.1) is 0 Å². The Kier molecular flexibility index (Phi) is 4.91. The molecule has 28 heavy (non-hydrogen) atoms. The Labute approximate surface area is 166 Å². The third kappa shape index (κ3) is 3.65. The van der Waals surface area contributed by atoms with Crippen LogP contribution in [-0.4, -0.2) is 49.8 Å². The molecule has 0 bridgehead atoms. The number of halogens is 1. The number of H-pyrrole nitrogens is 1. The highest BCUT2D eigenvalue weighted by molar-refractivity contribution is 6.36. The number of anilines is 3. The molecule has 146 valence electrons. The number of hydrogen-bond donors (Lipinski definition) is 3. The van der Waals surface area contributed by atoms with Gasteiger partial charge in [-0.3, -0.25) is 9.48 Å². The number of carbonyl (C=O) groups is 1. The molecule has 0 unspecified atom stereocenters. The minimum Gasteiger partial charge on any atom is -0.354 e. The van der Waals surface area contributed by atoms with Crippen molar-refractivity contribution in [1.29, 1.82) is 0 Å².